The third-order valence-corrected chi connectivity index (χ3v) is 4.44. The van der Waals surface area contributed by atoms with Crippen molar-refractivity contribution in [3.8, 4) is 5.75 Å². The van der Waals surface area contributed by atoms with E-state index in [0.717, 1.165) is 25.9 Å². The number of likely N-dealkylation sites (N-methyl/N-ethyl adjacent to an activating group) is 1. The quantitative estimate of drug-likeness (QED) is 0.603. The van der Waals surface area contributed by atoms with Crippen molar-refractivity contribution in [2.24, 2.45) is 0 Å². The Hall–Kier alpha value is -1.90. The van der Waals surface area contributed by atoms with Crippen molar-refractivity contribution in [1.29, 1.82) is 0 Å². The second-order valence-electron chi connectivity index (χ2n) is 6.47. The summed E-state index contributed by atoms with van der Waals surface area (Å²) in [6.07, 6.45) is 1.70. The number of likely N-dealkylation sites (tertiary alicyclic amines) is 1. The first-order chi connectivity index (χ1) is 12.4. The number of amides is 1. The molecule has 2 N–H and O–H groups in total. The van der Waals surface area contributed by atoms with E-state index in [4.69, 9.17) is 9.84 Å². The molecule has 1 fully saturated rings. The number of nitrogens with zero attached hydrogens (tertiary/aromatic N) is 2. The number of ether oxygens (including phenoxy) is 1. The molecule has 0 bridgehead atoms. The highest BCUT2D eigenvalue weighted by Crippen LogP contribution is 2.15. The van der Waals surface area contributed by atoms with Crippen LogP contribution in [0, 0.1) is 5.82 Å². The maximum absolute atomic E-state index is 12.8. The van der Waals surface area contributed by atoms with Crippen LogP contribution >= 0.6 is 12.4 Å². The standard InChI is InChI=1S/C18H26FN3O4.ClH/c1-21(13-18(24)25)15-6-9-22(10-7-15)12-17(23)20-8-11-26-16-4-2-14(19)3-5-16;/h2-5,15H,6-13H2,1H3,(H,20,23)(H,24,25);1H. The molecule has 0 unspecified atom stereocenters. The zero-order valence-corrected chi connectivity index (χ0v) is 16.2. The summed E-state index contributed by atoms with van der Waals surface area (Å²) >= 11 is 0. The van der Waals surface area contributed by atoms with Crippen LogP contribution < -0.4 is 10.1 Å². The molecule has 2 rings (SSSR count). The molecule has 9 heteroatoms. The van der Waals surface area contributed by atoms with Crippen LogP contribution in [-0.4, -0.2) is 79.2 Å². The van der Waals surface area contributed by atoms with Gasteiger partial charge in [0, 0.05) is 19.1 Å². The number of carboxylic acid groups (broad SMARTS) is 1. The van der Waals surface area contributed by atoms with Crippen molar-refractivity contribution in [1.82, 2.24) is 15.1 Å². The second-order valence-corrected chi connectivity index (χ2v) is 6.47. The van der Waals surface area contributed by atoms with E-state index in [-0.39, 0.29) is 36.7 Å². The molecule has 1 aromatic carbocycles. The Labute approximate surface area is 164 Å². The predicted molar refractivity (Wildman–Crippen MR) is 102 cm³/mol. The molecular formula is C18H27ClFN3O4. The smallest absolute Gasteiger partial charge is 0.317 e. The van der Waals surface area contributed by atoms with Gasteiger partial charge in [0.1, 0.15) is 18.2 Å². The molecule has 1 aliphatic heterocycles. The minimum atomic E-state index is -0.822. The zero-order chi connectivity index (χ0) is 18.9. The Balaban J connectivity index is 0.00000364. The van der Waals surface area contributed by atoms with Crippen LogP contribution in [0.5, 0.6) is 5.75 Å². The fourth-order valence-electron chi connectivity index (χ4n) is 3.01. The highest BCUT2D eigenvalue weighted by atomic mass is 35.5. The first kappa shape index (κ1) is 23.1. The molecule has 152 valence electrons. The van der Waals surface area contributed by atoms with Crippen LogP contribution in [0.1, 0.15) is 12.8 Å². The van der Waals surface area contributed by atoms with Crippen molar-refractivity contribution in [2.75, 3.05) is 46.4 Å². The number of benzene rings is 1. The van der Waals surface area contributed by atoms with Crippen LogP contribution in [0.25, 0.3) is 0 Å². The molecule has 0 atom stereocenters. The van der Waals surface area contributed by atoms with Gasteiger partial charge in [-0.15, -0.1) is 12.4 Å². The van der Waals surface area contributed by atoms with Crippen molar-refractivity contribution >= 4 is 24.3 Å². The summed E-state index contributed by atoms with van der Waals surface area (Å²) in [5.41, 5.74) is 0. The van der Waals surface area contributed by atoms with Gasteiger partial charge in [-0.1, -0.05) is 0 Å². The summed E-state index contributed by atoms with van der Waals surface area (Å²) in [6, 6.07) is 5.98. The molecule has 1 saturated heterocycles. The van der Waals surface area contributed by atoms with Gasteiger partial charge in [-0.25, -0.2) is 4.39 Å². The number of piperidine rings is 1. The number of carbonyl (C=O) groups excluding carboxylic acids is 1. The van der Waals surface area contributed by atoms with Gasteiger partial charge < -0.3 is 15.2 Å². The van der Waals surface area contributed by atoms with Crippen molar-refractivity contribution < 1.29 is 23.8 Å². The first-order valence-electron chi connectivity index (χ1n) is 8.73. The third-order valence-electron chi connectivity index (χ3n) is 4.44. The third kappa shape index (κ3) is 8.55. The van der Waals surface area contributed by atoms with Gasteiger partial charge in [-0.2, -0.15) is 0 Å². The fraction of sp³-hybridized carbons (Fsp3) is 0.556. The molecule has 0 spiro atoms. The van der Waals surface area contributed by atoms with Gasteiger partial charge in [0.2, 0.25) is 5.91 Å². The number of hydrogen-bond donors (Lipinski definition) is 2. The molecule has 0 saturated carbocycles. The van der Waals surface area contributed by atoms with E-state index in [1.807, 2.05) is 11.9 Å². The zero-order valence-electron chi connectivity index (χ0n) is 15.4. The van der Waals surface area contributed by atoms with Crippen molar-refractivity contribution in [3.63, 3.8) is 0 Å². The highest BCUT2D eigenvalue weighted by molar-refractivity contribution is 5.85. The van der Waals surface area contributed by atoms with Gasteiger partial charge in [0.15, 0.2) is 0 Å². The number of nitrogens with one attached hydrogen (secondary N) is 1. The van der Waals surface area contributed by atoms with Gasteiger partial charge >= 0.3 is 5.97 Å². The molecule has 27 heavy (non-hydrogen) atoms. The number of halogens is 2. The Morgan fingerprint density at radius 1 is 1.30 bits per heavy atom. The Morgan fingerprint density at radius 2 is 1.93 bits per heavy atom. The number of hydrogen-bond acceptors (Lipinski definition) is 5. The van der Waals surface area contributed by atoms with E-state index in [0.29, 0.717) is 25.4 Å². The SMILES string of the molecule is CN(CC(=O)O)C1CCN(CC(=O)NCCOc2ccc(F)cc2)CC1.Cl. The number of carboxylic acids is 1. The van der Waals surface area contributed by atoms with Gasteiger partial charge in [0.25, 0.3) is 0 Å². The van der Waals surface area contributed by atoms with Crippen LogP contribution in [-0.2, 0) is 9.59 Å². The lowest BCUT2D eigenvalue weighted by Gasteiger charge is -2.35. The minimum Gasteiger partial charge on any atom is -0.492 e. The van der Waals surface area contributed by atoms with Gasteiger partial charge in [-0.3, -0.25) is 19.4 Å². The average Bonchev–Trinajstić information content (AvgIpc) is 2.60. The predicted octanol–water partition coefficient (Wildman–Crippen LogP) is 1.22. The largest absolute Gasteiger partial charge is 0.492 e. The molecule has 0 aromatic heterocycles. The van der Waals surface area contributed by atoms with E-state index < -0.39 is 5.97 Å². The summed E-state index contributed by atoms with van der Waals surface area (Å²) in [6.45, 7) is 2.61. The summed E-state index contributed by atoms with van der Waals surface area (Å²) in [4.78, 5) is 26.7. The molecule has 1 aromatic rings. The van der Waals surface area contributed by atoms with E-state index in [9.17, 15) is 14.0 Å². The van der Waals surface area contributed by atoms with Gasteiger partial charge in [-0.05, 0) is 44.2 Å². The number of aliphatic carboxylic acids is 1. The second kappa shape index (κ2) is 11.7. The number of carbonyl (C=O) groups is 2. The number of rotatable bonds is 9. The average molecular weight is 404 g/mol. The monoisotopic (exact) mass is 403 g/mol. The van der Waals surface area contributed by atoms with Crippen molar-refractivity contribution in [3.05, 3.63) is 30.1 Å². The van der Waals surface area contributed by atoms with E-state index >= 15 is 0 Å². The van der Waals surface area contributed by atoms with E-state index in [1.165, 1.54) is 12.1 Å². The molecule has 1 aliphatic rings. The van der Waals surface area contributed by atoms with Crippen LogP contribution in [0.2, 0.25) is 0 Å². The molecule has 0 aliphatic carbocycles. The first-order valence-corrected chi connectivity index (χ1v) is 8.73. The van der Waals surface area contributed by atoms with E-state index in [1.54, 1.807) is 12.1 Å². The molecule has 7 nitrogen and oxygen atoms in total. The Kier molecular flexibility index (Phi) is 10.1. The minimum absolute atomic E-state index is 0. The van der Waals surface area contributed by atoms with Gasteiger partial charge in [0.05, 0.1) is 19.6 Å². The Morgan fingerprint density at radius 3 is 2.52 bits per heavy atom. The summed E-state index contributed by atoms with van der Waals surface area (Å²) in [5, 5.41) is 11.6. The summed E-state index contributed by atoms with van der Waals surface area (Å²) in [5.74, 6) is -0.640. The lowest BCUT2D eigenvalue weighted by Crippen LogP contribution is -2.47. The van der Waals surface area contributed by atoms with Crippen LogP contribution in [0.4, 0.5) is 4.39 Å². The maximum atomic E-state index is 12.8. The summed E-state index contributed by atoms with van der Waals surface area (Å²) in [7, 11) is 1.82. The highest BCUT2D eigenvalue weighted by Gasteiger charge is 2.24. The van der Waals surface area contributed by atoms with E-state index in [2.05, 4.69) is 10.2 Å². The topological polar surface area (TPSA) is 82.1 Å². The Bertz CT molecular complexity index is 595. The summed E-state index contributed by atoms with van der Waals surface area (Å²) < 4.78 is 18.2. The lowest BCUT2D eigenvalue weighted by molar-refractivity contribution is -0.138. The molecular weight excluding hydrogens is 377 g/mol. The maximum Gasteiger partial charge on any atom is 0.317 e. The molecule has 0 radical (unpaired) electrons. The fourth-order valence-corrected chi connectivity index (χ4v) is 3.01. The van der Waals surface area contributed by atoms with Crippen LogP contribution in [0.15, 0.2) is 24.3 Å². The lowest BCUT2D eigenvalue weighted by atomic mass is 10.0. The van der Waals surface area contributed by atoms with Crippen molar-refractivity contribution in [2.45, 2.75) is 18.9 Å². The van der Waals surface area contributed by atoms with Crippen LogP contribution in [0.3, 0.4) is 0 Å². The molecule has 1 heterocycles. The normalized spacial score (nSPS) is 15.2. The molecule has 1 amide bonds.